The van der Waals surface area contributed by atoms with Crippen LogP contribution in [0.25, 0.3) is 0 Å². The molecule has 0 saturated carbocycles. The first-order chi connectivity index (χ1) is 9.86. The SMILES string of the molecule is C[C@H]1CNCCN1CC(=O)Nc1ccc(S(C)(=O)=O)cc1. The van der Waals surface area contributed by atoms with Crippen LogP contribution in [0.5, 0.6) is 0 Å². The van der Waals surface area contributed by atoms with Gasteiger partial charge in [-0.15, -0.1) is 0 Å². The van der Waals surface area contributed by atoms with Gasteiger partial charge in [-0.1, -0.05) is 0 Å². The third-order valence-electron chi connectivity index (χ3n) is 3.55. The first-order valence-corrected chi connectivity index (χ1v) is 8.80. The molecule has 2 rings (SSSR count). The fraction of sp³-hybridized carbons (Fsp3) is 0.500. The number of nitrogens with zero attached hydrogens (tertiary/aromatic N) is 1. The van der Waals surface area contributed by atoms with Crippen LogP contribution in [0.2, 0.25) is 0 Å². The van der Waals surface area contributed by atoms with Crippen molar-refractivity contribution in [2.75, 3.05) is 37.8 Å². The summed E-state index contributed by atoms with van der Waals surface area (Å²) in [6, 6.07) is 6.54. The number of sulfone groups is 1. The van der Waals surface area contributed by atoms with Gasteiger partial charge in [0.2, 0.25) is 5.91 Å². The molecule has 1 aromatic rings. The molecule has 0 bridgehead atoms. The molecule has 6 nitrogen and oxygen atoms in total. The van der Waals surface area contributed by atoms with Gasteiger partial charge in [-0.3, -0.25) is 9.69 Å². The molecular weight excluding hydrogens is 290 g/mol. The van der Waals surface area contributed by atoms with Crippen molar-refractivity contribution >= 4 is 21.4 Å². The summed E-state index contributed by atoms with van der Waals surface area (Å²) >= 11 is 0. The van der Waals surface area contributed by atoms with Crippen molar-refractivity contribution in [2.24, 2.45) is 0 Å². The number of piperazine rings is 1. The van der Waals surface area contributed by atoms with E-state index in [0.29, 0.717) is 18.3 Å². The molecule has 0 spiro atoms. The number of hydrogen-bond donors (Lipinski definition) is 2. The molecule has 0 radical (unpaired) electrons. The van der Waals surface area contributed by atoms with E-state index in [9.17, 15) is 13.2 Å². The van der Waals surface area contributed by atoms with Crippen LogP contribution in [-0.2, 0) is 14.6 Å². The maximum absolute atomic E-state index is 12.0. The summed E-state index contributed by atoms with van der Waals surface area (Å²) in [7, 11) is -3.21. The highest BCUT2D eigenvalue weighted by atomic mass is 32.2. The molecule has 21 heavy (non-hydrogen) atoms. The lowest BCUT2D eigenvalue weighted by atomic mass is 10.2. The molecule has 0 aromatic heterocycles. The van der Waals surface area contributed by atoms with Crippen molar-refractivity contribution in [3.05, 3.63) is 24.3 Å². The van der Waals surface area contributed by atoms with Crippen LogP contribution in [0.4, 0.5) is 5.69 Å². The Morgan fingerprint density at radius 2 is 2.05 bits per heavy atom. The van der Waals surface area contributed by atoms with Gasteiger partial charge in [-0.2, -0.15) is 0 Å². The lowest BCUT2D eigenvalue weighted by Gasteiger charge is -2.33. The highest BCUT2D eigenvalue weighted by Crippen LogP contribution is 2.14. The Morgan fingerprint density at radius 1 is 1.38 bits per heavy atom. The van der Waals surface area contributed by atoms with Gasteiger partial charge in [0.1, 0.15) is 0 Å². The van der Waals surface area contributed by atoms with Crippen LogP contribution >= 0.6 is 0 Å². The number of carbonyl (C=O) groups is 1. The molecular formula is C14H21N3O3S. The third kappa shape index (κ3) is 4.52. The number of anilines is 1. The highest BCUT2D eigenvalue weighted by Gasteiger charge is 2.20. The lowest BCUT2D eigenvalue weighted by Crippen LogP contribution is -2.51. The molecule has 0 unspecified atom stereocenters. The van der Waals surface area contributed by atoms with E-state index in [1.807, 2.05) is 0 Å². The van der Waals surface area contributed by atoms with E-state index >= 15 is 0 Å². The second-order valence-corrected chi connectivity index (χ2v) is 7.38. The largest absolute Gasteiger partial charge is 0.325 e. The van der Waals surface area contributed by atoms with E-state index in [0.717, 1.165) is 25.9 Å². The fourth-order valence-corrected chi connectivity index (χ4v) is 2.92. The Kier molecular flexibility index (Phi) is 4.97. The summed E-state index contributed by atoms with van der Waals surface area (Å²) < 4.78 is 22.7. The monoisotopic (exact) mass is 311 g/mol. The van der Waals surface area contributed by atoms with Crippen molar-refractivity contribution in [1.82, 2.24) is 10.2 Å². The summed E-state index contributed by atoms with van der Waals surface area (Å²) in [5.41, 5.74) is 0.607. The average Bonchev–Trinajstić information content (AvgIpc) is 2.41. The van der Waals surface area contributed by atoms with Gasteiger partial charge >= 0.3 is 0 Å². The number of rotatable bonds is 4. The Hall–Kier alpha value is -1.44. The molecule has 1 saturated heterocycles. The predicted octanol–water partition coefficient (Wildman–Crippen LogP) is 0.322. The van der Waals surface area contributed by atoms with Crippen LogP contribution < -0.4 is 10.6 Å². The number of hydrogen-bond acceptors (Lipinski definition) is 5. The van der Waals surface area contributed by atoms with E-state index in [4.69, 9.17) is 0 Å². The van der Waals surface area contributed by atoms with E-state index in [-0.39, 0.29) is 10.8 Å². The van der Waals surface area contributed by atoms with E-state index < -0.39 is 9.84 Å². The quantitative estimate of drug-likeness (QED) is 0.837. The summed E-state index contributed by atoms with van der Waals surface area (Å²) in [6.07, 6.45) is 1.16. The molecule has 116 valence electrons. The smallest absolute Gasteiger partial charge is 0.238 e. The van der Waals surface area contributed by atoms with Crippen LogP contribution in [0.3, 0.4) is 0 Å². The van der Waals surface area contributed by atoms with E-state index in [1.54, 1.807) is 12.1 Å². The third-order valence-corrected chi connectivity index (χ3v) is 4.68. The first kappa shape index (κ1) is 15.9. The fourth-order valence-electron chi connectivity index (χ4n) is 2.29. The normalized spacial score (nSPS) is 20.2. The van der Waals surface area contributed by atoms with Gasteiger partial charge in [0, 0.05) is 37.6 Å². The molecule has 1 aliphatic heterocycles. The Bertz CT molecular complexity index is 598. The molecule has 2 N–H and O–H groups in total. The molecule has 1 atom stereocenters. The van der Waals surface area contributed by atoms with E-state index in [1.165, 1.54) is 12.1 Å². The summed E-state index contributed by atoms with van der Waals surface area (Å²) in [5.74, 6) is -0.0872. The topological polar surface area (TPSA) is 78.5 Å². The molecule has 1 amide bonds. The molecule has 7 heteroatoms. The lowest BCUT2D eigenvalue weighted by molar-refractivity contribution is -0.118. The molecule has 1 heterocycles. The Balaban J connectivity index is 1.93. The van der Waals surface area contributed by atoms with Crippen LogP contribution in [0, 0.1) is 0 Å². The average molecular weight is 311 g/mol. The van der Waals surface area contributed by atoms with Crippen LogP contribution in [0.1, 0.15) is 6.92 Å². The number of nitrogens with one attached hydrogen (secondary N) is 2. The minimum Gasteiger partial charge on any atom is -0.325 e. The first-order valence-electron chi connectivity index (χ1n) is 6.91. The van der Waals surface area contributed by atoms with Crippen LogP contribution in [0.15, 0.2) is 29.2 Å². The van der Waals surface area contributed by atoms with Gasteiger partial charge < -0.3 is 10.6 Å². The number of amides is 1. The minimum absolute atomic E-state index is 0.0872. The Labute approximate surface area is 125 Å². The summed E-state index contributed by atoms with van der Waals surface area (Å²) in [6.45, 7) is 5.05. The zero-order valence-corrected chi connectivity index (χ0v) is 13.1. The minimum atomic E-state index is -3.21. The number of carbonyl (C=O) groups excluding carboxylic acids is 1. The molecule has 1 aliphatic rings. The van der Waals surface area contributed by atoms with Crippen molar-refractivity contribution < 1.29 is 13.2 Å². The molecule has 1 aromatic carbocycles. The van der Waals surface area contributed by atoms with Crippen molar-refractivity contribution in [1.29, 1.82) is 0 Å². The van der Waals surface area contributed by atoms with Crippen LogP contribution in [-0.4, -0.2) is 57.7 Å². The predicted molar refractivity (Wildman–Crippen MR) is 82.1 cm³/mol. The van der Waals surface area contributed by atoms with Crippen molar-refractivity contribution in [3.8, 4) is 0 Å². The standard InChI is InChI=1S/C14H21N3O3S/c1-11-9-15-7-8-17(11)10-14(18)16-12-3-5-13(6-4-12)21(2,19)20/h3-6,11,15H,7-10H2,1-2H3,(H,16,18)/t11-/m0/s1. The second kappa shape index (κ2) is 6.55. The van der Waals surface area contributed by atoms with Gasteiger partial charge in [0.25, 0.3) is 0 Å². The summed E-state index contributed by atoms with van der Waals surface area (Å²) in [4.78, 5) is 14.4. The van der Waals surface area contributed by atoms with E-state index in [2.05, 4.69) is 22.5 Å². The zero-order valence-electron chi connectivity index (χ0n) is 12.3. The van der Waals surface area contributed by atoms with Crippen molar-refractivity contribution in [2.45, 2.75) is 17.9 Å². The van der Waals surface area contributed by atoms with Crippen molar-refractivity contribution in [3.63, 3.8) is 0 Å². The Morgan fingerprint density at radius 3 is 2.62 bits per heavy atom. The van der Waals surface area contributed by atoms with Gasteiger partial charge in [-0.05, 0) is 31.2 Å². The highest BCUT2D eigenvalue weighted by molar-refractivity contribution is 7.90. The second-order valence-electron chi connectivity index (χ2n) is 5.37. The molecule has 0 aliphatic carbocycles. The van der Waals surface area contributed by atoms with Gasteiger partial charge in [0.15, 0.2) is 9.84 Å². The zero-order chi connectivity index (χ0) is 15.5. The molecule has 1 fully saturated rings. The maximum atomic E-state index is 12.0. The maximum Gasteiger partial charge on any atom is 0.238 e. The van der Waals surface area contributed by atoms with Gasteiger partial charge in [0.05, 0.1) is 11.4 Å². The summed E-state index contributed by atoms with van der Waals surface area (Å²) in [5, 5.41) is 6.07. The van der Waals surface area contributed by atoms with Gasteiger partial charge in [-0.25, -0.2) is 8.42 Å². The number of benzene rings is 1.